The molecule has 3 amide bonds. The van der Waals surface area contributed by atoms with Crippen molar-refractivity contribution in [2.45, 2.75) is 25.8 Å². The molecule has 94 valence electrons. The number of rotatable bonds is 0. The molecule has 0 radical (unpaired) electrons. The van der Waals surface area contributed by atoms with Gasteiger partial charge in [0.25, 0.3) is 5.91 Å². The summed E-state index contributed by atoms with van der Waals surface area (Å²) in [6.45, 7) is 4.63. The van der Waals surface area contributed by atoms with Crippen molar-refractivity contribution < 1.29 is 9.59 Å². The predicted octanol–water partition coefficient (Wildman–Crippen LogP) is 1.15. The molecule has 1 atom stereocenters. The number of fused-ring (bicyclic) bond motifs is 2. The molecule has 3 N–H and O–H groups in total. The van der Waals surface area contributed by atoms with E-state index in [4.69, 9.17) is 0 Å². The second-order valence-electron chi connectivity index (χ2n) is 4.94. The highest BCUT2D eigenvalue weighted by Gasteiger charge is 2.50. The van der Waals surface area contributed by atoms with E-state index < -0.39 is 11.6 Å². The number of amides is 3. The lowest BCUT2D eigenvalue weighted by molar-refractivity contribution is -0.124. The van der Waals surface area contributed by atoms with Crippen molar-refractivity contribution in [2.24, 2.45) is 0 Å². The van der Waals surface area contributed by atoms with Crippen molar-refractivity contribution in [1.82, 2.24) is 10.6 Å². The van der Waals surface area contributed by atoms with Crippen LogP contribution >= 0.6 is 0 Å². The lowest BCUT2D eigenvalue weighted by Gasteiger charge is -2.35. The maximum Gasteiger partial charge on any atom is 0.322 e. The average molecular weight is 245 g/mol. The summed E-state index contributed by atoms with van der Waals surface area (Å²) in [5, 5.41) is 8.48. The van der Waals surface area contributed by atoms with E-state index in [2.05, 4.69) is 16.0 Å². The van der Waals surface area contributed by atoms with Crippen molar-refractivity contribution in [3.63, 3.8) is 0 Å². The first-order valence-electron chi connectivity index (χ1n) is 6.03. The van der Waals surface area contributed by atoms with Gasteiger partial charge in [0.15, 0.2) is 5.54 Å². The summed E-state index contributed by atoms with van der Waals surface area (Å²) in [7, 11) is 0. The number of imide groups is 1. The maximum atomic E-state index is 12.2. The molecule has 2 aliphatic rings. The largest absolute Gasteiger partial charge is 0.384 e. The SMILES string of the molecule is Cc1ccc(C)c2c1NCCC21NC(=O)NC1=O. The molecule has 1 aromatic rings. The minimum absolute atomic E-state index is 0.246. The molecule has 0 aromatic heterocycles. The van der Waals surface area contributed by atoms with Crippen molar-refractivity contribution in [3.8, 4) is 0 Å². The Bertz CT molecular complexity index is 568. The lowest BCUT2D eigenvalue weighted by Crippen LogP contribution is -2.48. The van der Waals surface area contributed by atoms with Crippen LogP contribution in [0.5, 0.6) is 0 Å². The van der Waals surface area contributed by atoms with Gasteiger partial charge in [0.05, 0.1) is 0 Å². The molecule has 0 saturated carbocycles. The maximum absolute atomic E-state index is 12.2. The van der Waals surface area contributed by atoms with Crippen LogP contribution in [0.1, 0.15) is 23.1 Å². The van der Waals surface area contributed by atoms with Gasteiger partial charge in [0, 0.05) is 24.2 Å². The molecule has 2 aliphatic heterocycles. The molecule has 5 nitrogen and oxygen atoms in total. The molecule has 3 rings (SSSR count). The van der Waals surface area contributed by atoms with Crippen LogP contribution in [-0.4, -0.2) is 18.5 Å². The van der Waals surface area contributed by atoms with Crippen molar-refractivity contribution in [1.29, 1.82) is 0 Å². The second kappa shape index (κ2) is 3.48. The summed E-state index contributed by atoms with van der Waals surface area (Å²) < 4.78 is 0. The third-order valence-electron chi connectivity index (χ3n) is 3.79. The summed E-state index contributed by atoms with van der Waals surface area (Å²) in [4.78, 5) is 23.6. The van der Waals surface area contributed by atoms with E-state index in [9.17, 15) is 9.59 Å². The van der Waals surface area contributed by atoms with Crippen molar-refractivity contribution in [3.05, 3.63) is 28.8 Å². The Morgan fingerprint density at radius 1 is 1.17 bits per heavy atom. The summed E-state index contributed by atoms with van der Waals surface area (Å²) in [6.07, 6.45) is 0.571. The molecule has 1 aromatic carbocycles. The Labute approximate surface area is 105 Å². The van der Waals surface area contributed by atoms with Crippen LogP contribution in [0.15, 0.2) is 12.1 Å². The number of carbonyl (C=O) groups is 2. The van der Waals surface area contributed by atoms with Crippen LogP contribution in [-0.2, 0) is 10.3 Å². The van der Waals surface area contributed by atoms with Gasteiger partial charge < -0.3 is 10.6 Å². The molecule has 1 fully saturated rings. The molecule has 5 heteroatoms. The van der Waals surface area contributed by atoms with Gasteiger partial charge in [-0.05, 0) is 25.0 Å². The fourth-order valence-corrected chi connectivity index (χ4v) is 2.93. The number of anilines is 1. The zero-order valence-electron chi connectivity index (χ0n) is 10.4. The Morgan fingerprint density at radius 2 is 1.89 bits per heavy atom. The molecule has 2 heterocycles. The standard InChI is InChI=1S/C13H15N3O2/c1-7-3-4-8(2)10-9(7)13(5-6-14-10)11(17)15-12(18)16-13/h3-4,14H,5-6H2,1-2H3,(H2,15,16,17,18). The normalized spacial score (nSPS) is 25.4. The number of nitrogens with one attached hydrogen (secondary N) is 3. The van der Waals surface area contributed by atoms with E-state index in [-0.39, 0.29) is 5.91 Å². The van der Waals surface area contributed by atoms with Gasteiger partial charge in [-0.1, -0.05) is 12.1 Å². The van der Waals surface area contributed by atoms with E-state index in [1.165, 1.54) is 0 Å². The Morgan fingerprint density at radius 3 is 2.56 bits per heavy atom. The van der Waals surface area contributed by atoms with E-state index in [0.717, 1.165) is 22.4 Å². The average Bonchev–Trinajstić information content (AvgIpc) is 2.59. The topological polar surface area (TPSA) is 70.2 Å². The number of hydrogen-bond donors (Lipinski definition) is 3. The molecular weight excluding hydrogens is 230 g/mol. The van der Waals surface area contributed by atoms with Crippen LogP contribution < -0.4 is 16.0 Å². The van der Waals surface area contributed by atoms with E-state index >= 15 is 0 Å². The predicted molar refractivity (Wildman–Crippen MR) is 67.4 cm³/mol. The highest BCUT2D eigenvalue weighted by molar-refractivity contribution is 6.08. The highest BCUT2D eigenvalue weighted by atomic mass is 16.2. The number of hydrogen-bond acceptors (Lipinski definition) is 3. The summed E-state index contributed by atoms with van der Waals surface area (Å²) >= 11 is 0. The Kier molecular flexibility index (Phi) is 2.14. The van der Waals surface area contributed by atoms with Crippen LogP contribution in [0.3, 0.4) is 0 Å². The van der Waals surface area contributed by atoms with Gasteiger partial charge in [0.2, 0.25) is 0 Å². The fourth-order valence-electron chi connectivity index (χ4n) is 2.93. The Hall–Kier alpha value is -2.04. The first-order chi connectivity index (χ1) is 8.54. The number of urea groups is 1. The molecular formula is C13H15N3O2. The molecule has 0 aliphatic carbocycles. The Balaban J connectivity index is 2.27. The van der Waals surface area contributed by atoms with E-state index in [0.29, 0.717) is 13.0 Å². The van der Waals surface area contributed by atoms with E-state index in [1.54, 1.807) is 0 Å². The molecule has 1 saturated heterocycles. The van der Waals surface area contributed by atoms with Crippen molar-refractivity contribution in [2.75, 3.05) is 11.9 Å². The monoisotopic (exact) mass is 245 g/mol. The van der Waals surface area contributed by atoms with Crippen LogP contribution in [0.4, 0.5) is 10.5 Å². The van der Waals surface area contributed by atoms with Gasteiger partial charge in [-0.15, -0.1) is 0 Å². The number of benzene rings is 1. The quantitative estimate of drug-likeness (QED) is 0.601. The molecule has 1 unspecified atom stereocenters. The fraction of sp³-hybridized carbons (Fsp3) is 0.385. The zero-order valence-corrected chi connectivity index (χ0v) is 10.4. The molecule has 1 spiro atoms. The summed E-state index contributed by atoms with van der Waals surface area (Å²) in [5.74, 6) is -0.246. The third-order valence-corrected chi connectivity index (χ3v) is 3.79. The van der Waals surface area contributed by atoms with Gasteiger partial charge in [-0.2, -0.15) is 0 Å². The highest BCUT2D eigenvalue weighted by Crippen LogP contribution is 2.40. The summed E-state index contributed by atoms with van der Waals surface area (Å²) in [6, 6.07) is 3.60. The lowest BCUT2D eigenvalue weighted by atomic mass is 9.79. The second-order valence-corrected chi connectivity index (χ2v) is 4.94. The van der Waals surface area contributed by atoms with Gasteiger partial charge in [0.1, 0.15) is 0 Å². The number of carbonyl (C=O) groups excluding carboxylic acids is 2. The van der Waals surface area contributed by atoms with E-state index in [1.807, 2.05) is 26.0 Å². The van der Waals surface area contributed by atoms with Gasteiger partial charge in [-0.3, -0.25) is 10.1 Å². The number of aryl methyl sites for hydroxylation is 2. The smallest absolute Gasteiger partial charge is 0.322 e. The minimum atomic E-state index is -0.895. The minimum Gasteiger partial charge on any atom is -0.384 e. The third kappa shape index (κ3) is 1.27. The van der Waals surface area contributed by atoms with Gasteiger partial charge >= 0.3 is 6.03 Å². The van der Waals surface area contributed by atoms with Crippen LogP contribution in [0, 0.1) is 13.8 Å². The first-order valence-corrected chi connectivity index (χ1v) is 6.03. The van der Waals surface area contributed by atoms with Crippen LogP contribution in [0.25, 0.3) is 0 Å². The molecule has 18 heavy (non-hydrogen) atoms. The summed E-state index contributed by atoms with van der Waals surface area (Å²) in [5.41, 5.74) is 3.08. The van der Waals surface area contributed by atoms with Gasteiger partial charge in [-0.25, -0.2) is 4.79 Å². The van der Waals surface area contributed by atoms with Crippen molar-refractivity contribution >= 4 is 17.6 Å². The zero-order chi connectivity index (χ0) is 12.9. The first kappa shape index (κ1) is 11.1. The van der Waals surface area contributed by atoms with Crippen LogP contribution in [0.2, 0.25) is 0 Å². The molecule has 0 bridgehead atoms.